The molecule has 1 aromatic heterocycles. The van der Waals surface area contributed by atoms with Crippen LogP contribution in [0.5, 0.6) is 0 Å². The molecule has 1 N–H and O–H groups in total. The van der Waals surface area contributed by atoms with E-state index in [2.05, 4.69) is 36.0 Å². The molecule has 6 heteroatoms. The van der Waals surface area contributed by atoms with Gasteiger partial charge in [-0.3, -0.25) is 4.90 Å². The number of aromatic nitrogens is 2. The number of amides is 2. The predicted octanol–water partition coefficient (Wildman–Crippen LogP) is 3.29. The Balaban J connectivity index is 1.33. The summed E-state index contributed by atoms with van der Waals surface area (Å²) in [4.78, 5) is 26.1. The highest BCUT2D eigenvalue weighted by Crippen LogP contribution is 2.25. The van der Waals surface area contributed by atoms with E-state index in [-0.39, 0.29) is 11.6 Å². The Kier molecular flexibility index (Phi) is 5.06. The summed E-state index contributed by atoms with van der Waals surface area (Å²) in [6, 6.07) is 9.94. The van der Waals surface area contributed by atoms with E-state index >= 15 is 0 Å². The summed E-state index contributed by atoms with van der Waals surface area (Å²) in [6.45, 7) is 10.8. The van der Waals surface area contributed by atoms with Gasteiger partial charge in [0.05, 0.1) is 18.8 Å². The van der Waals surface area contributed by atoms with Gasteiger partial charge in [0, 0.05) is 36.0 Å². The zero-order valence-corrected chi connectivity index (χ0v) is 17.0. The minimum atomic E-state index is -0.00605. The summed E-state index contributed by atoms with van der Waals surface area (Å²) in [5.74, 6) is 1.24. The number of urea groups is 1. The van der Waals surface area contributed by atoms with Gasteiger partial charge in [-0.25, -0.2) is 14.8 Å². The van der Waals surface area contributed by atoms with Crippen molar-refractivity contribution in [3.63, 3.8) is 0 Å². The maximum Gasteiger partial charge on any atom is 0.318 e. The summed E-state index contributed by atoms with van der Waals surface area (Å²) in [6.07, 6.45) is 3.00. The third-order valence-electron chi connectivity index (χ3n) is 5.75. The van der Waals surface area contributed by atoms with E-state index in [1.807, 2.05) is 41.4 Å². The third kappa shape index (κ3) is 4.02. The van der Waals surface area contributed by atoms with Crippen LogP contribution in [0.3, 0.4) is 0 Å². The van der Waals surface area contributed by atoms with E-state index in [0.717, 1.165) is 48.7 Å². The highest BCUT2D eigenvalue weighted by Gasteiger charge is 2.31. The van der Waals surface area contributed by atoms with Crippen LogP contribution in [-0.4, -0.2) is 51.0 Å². The summed E-state index contributed by atoms with van der Waals surface area (Å²) >= 11 is 0. The van der Waals surface area contributed by atoms with Crippen LogP contribution in [0.1, 0.15) is 38.4 Å². The van der Waals surface area contributed by atoms with Crippen molar-refractivity contribution in [1.82, 2.24) is 25.1 Å². The van der Waals surface area contributed by atoms with Crippen molar-refractivity contribution in [2.24, 2.45) is 5.92 Å². The molecule has 0 aliphatic carbocycles. The van der Waals surface area contributed by atoms with Gasteiger partial charge in [0.25, 0.3) is 0 Å². The zero-order chi connectivity index (χ0) is 19.7. The second-order valence-electron chi connectivity index (χ2n) is 8.85. The molecule has 2 aliphatic rings. The molecule has 0 radical (unpaired) electrons. The second-order valence-corrected chi connectivity index (χ2v) is 8.85. The lowest BCUT2D eigenvalue weighted by Gasteiger charge is -2.31. The smallest absolute Gasteiger partial charge is 0.318 e. The van der Waals surface area contributed by atoms with Crippen LogP contribution >= 0.6 is 0 Å². The van der Waals surface area contributed by atoms with Crippen molar-refractivity contribution < 1.29 is 4.79 Å². The van der Waals surface area contributed by atoms with Gasteiger partial charge in [0.1, 0.15) is 0 Å². The molecule has 4 rings (SSSR count). The zero-order valence-electron chi connectivity index (χ0n) is 17.0. The fourth-order valence-corrected chi connectivity index (χ4v) is 3.98. The topological polar surface area (TPSA) is 61.4 Å². The van der Waals surface area contributed by atoms with Crippen LogP contribution in [0.2, 0.25) is 0 Å². The number of rotatable bonds is 3. The molecular weight excluding hydrogens is 350 g/mol. The molecule has 1 saturated heterocycles. The van der Waals surface area contributed by atoms with Crippen molar-refractivity contribution in [3.05, 3.63) is 47.8 Å². The molecule has 0 spiro atoms. The Morgan fingerprint density at radius 2 is 2.00 bits per heavy atom. The first kappa shape index (κ1) is 18.9. The van der Waals surface area contributed by atoms with Crippen molar-refractivity contribution in [1.29, 1.82) is 0 Å². The summed E-state index contributed by atoms with van der Waals surface area (Å²) < 4.78 is 0. The third-order valence-corrected chi connectivity index (χ3v) is 5.75. The average Bonchev–Trinajstić information content (AvgIpc) is 3.33. The van der Waals surface area contributed by atoms with Gasteiger partial charge in [-0.05, 0) is 39.7 Å². The van der Waals surface area contributed by atoms with Gasteiger partial charge in [-0.1, -0.05) is 30.3 Å². The lowest BCUT2D eigenvalue weighted by atomic mass is 10.1. The molecule has 2 aromatic rings. The Morgan fingerprint density at radius 1 is 1.21 bits per heavy atom. The van der Waals surface area contributed by atoms with E-state index < -0.39 is 0 Å². The maximum atomic E-state index is 12.7. The molecule has 28 heavy (non-hydrogen) atoms. The Morgan fingerprint density at radius 3 is 2.71 bits per heavy atom. The number of carbonyl (C=O) groups is 1. The van der Waals surface area contributed by atoms with Crippen LogP contribution in [0, 0.1) is 5.92 Å². The highest BCUT2D eigenvalue weighted by atomic mass is 16.2. The van der Waals surface area contributed by atoms with Gasteiger partial charge >= 0.3 is 6.03 Å². The Labute approximate surface area is 167 Å². The molecule has 148 valence electrons. The second kappa shape index (κ2) is 7.51. The molecular formula is C22H29N5O. The first-order chi connectivity index (χ1) is 13.4. The fraction of sp³-hybridized carbons (Fsp3) is 0.500. The average molecular weight is 380 g/mol. The SMILES string of the molecule is CC(C)(C)N1CCC(CNC(=O)N2Cc3cnc(-c4ccccc4)nc3C2)C1. The first-order valence-electron chi connectivity index (χ1n) is 10.1. The minimum Gasteiger partial charge on any atom is -0.338 e. The quantitative estimate of drug-likeness (QED) is 0.889. The molecule has 1 aromatic carbocycles. The number of fused-ring (bicyclic) bond motifs is 1. The normalized spacial score (nSPS) is 19.7. The standard InChI is InChI=1S/C22H29N5O/c1-22(2,3)27-10-9-16(13-27)11-24-21(28)26-14-18-12-23-20(25-19(18)15-26)17-7-5-4-6-8-17/h4-8,12,16H,9-11,13-15H2,1-3H3,(H,24,28). The molecule has 6 nitrogen and oxygen atoms in total. The molecule has 0 bridgehead atoms. The summed E-state index contributed by atoms with van der Waals surface area (Å²) in [5.41, 5.74) is 3.18. The first-order valence-corrected chi connectivity index (χ1v) is 10.1. The Bertz CT molecular complexity index is 846. The molecule has 2 aliphatic heterocycles. The molecule has 1 atom stereocenters. The summed E-state index contributed by atoms with van der Waals surface area (Å²) in [5, 5.41) is 3.13. The number of hydrogen-bond acceptors (Lipinski definition) is 4. The number of benzene rings is 1. The Hall–Kier alpha value is -2.47. The molecule has 2 amide bonds. The van der Waals surface area contributed by atoms with E-state index in [1.54, 1.807) is 0 Å². The van der Waals surface area contributed by atoms with Crippen molar-refractivity contribution in [3.8, 4) is 11.4 Å². The summed E-state index contributed by atoms with van der Waals surface area (Å²) in [7, 11) is 0. The number of hydrogen-bond donors (Lipinski definition) is 1. The minimum absolute atomic E-state index is 0.00605. The van der Waals surface area contributed by atoms with Crippen LogP contribution < -0.4 is 5.32 Å². The van der Waals surface area contributed by atoms with Gasteiger partial charge in [-0.15, -0.1) is 0 Å². The van der Waals surface area contributed by atoms with Crippen molar-refractivity contribution in [2.75, 3.05) is 19.6 Å². The lowest BCUT2D eigenvalue weighted by molar-refractivity contribution is 0.167. The molecule has 1 unspecified atom stereocenters. The number of nitrogens with zero attached hydrogens (tertiary/aromatic N) is 4. The van der Waals surface area contributed by atoms with E-state index in [1.165, 1.54) is 0 Å². The van der Waals surface area contributed by atoms with E-state index in [9.17, 15) is 4.79 Å². The molecule has 0 saturated carbocycles. The van der Waals surface area contributed by atoms with Crippen LogP contribution in [0.15, 0.2) is 36.5 Å². The van der Waals surface area contributed by atoms with Crippen LogP contribution in [0.25, 0.3) is 11.4 Å². The van der Waals surface area contributed by atoms with Gasteiger partial charge in [0.15, 0.2) is 5.82 Å². The fourth-order valence-electron chi connectivity index (χ4n) is 3.98. The molecule has 3 heterocycles. The van der Waals surface area contributed by atoms with E-state index in [4.69, 9.17) is 4.98 Å². The monoisotopic (exact) mass is 379 g/mol. The number of likely N-dealkylation sites (tertiary alicyclic amines) is 1. The van der Waals surface area contributed by atoms with E-state index in [0.29, 0.717) is 19.0 Å². The molecule has 1 fully saturated rings. The van der Waals surface area contributed by atoms with Crippen LogP contribution in [0.4, 0.5) is 4.79 Å². The largest absolute Gasteiger partial charge is 0.338 e. The predicted molar refractivity (Wildman–Crippen MR) is 110 cm³/mol. The van der Waals surface area contributed by atoms with Gasteiger partial charge in [0.2, 0.25) is 0 Å². The number of carbonyl (C=O) groups excluding carboxylic acids is 1. The van der Waals surface area contributed by atoms with Crippen molar-refractivity contribution in [2.45, 2.75) is 45.8 Å². The number of nitrogens with one attached hydrogen (secondary N) is 1. The highest BCUT2D eigenvalue weighted by molar-refractivity contribution is 5.75. The van der Waals surface area contributed by atoms with Crippen LogP contribution in [-0.2, 0) is 13.1 Å². The maximum absolute atomic E-state index is 12.7. The lowest BCUT2D eigenvalue weighted by Crippen LogP contribution is -2.42. The van der Waals surface area contributed by atoms with Crippen molar-refractivity contribution >= 4 is 6.03 Å². The van der Waals surface area contributed by atoms with Gasteiger partial charge in [-0.2, -0.15) is 0 Å². The van der Waals surface area contributed by atoms with Gasteiger partial charge < -0.3 is 10.2 Å².